The second kappa shape index (κ2) is 12.5. The van der Waals surface area contributed by atoms with Crippen LogP contribution in [0.2, 0.25) is 0 Å². The Kier molecular flexibility index (Phi) is 9.13. The third-order valence-electron chi connectivity index (χ3n) is 7.54. The molecule has 1 N–H and O–H groups in total. The molecule has 0 atom stereocenters. The van der Waals surface area contributed by atoms with Gasteiger partial charge in [-0.1, -0.05) is 25.7 Å². The second-order valence-corrected chi connectivity index (χ2v) is 10.5. The molecule has 0 spiro atoms. The first-order chi connectivity index (χ1) is 17.4. The third kappa shape index (κ3) is 6.52. The van der Waals surface area contributed by atoms with Crippen molar-refractivity contribution in [1.82, 2.24) is 25.0 Å². The van der Waals surface area contributed by atoms with Crippen LogP contribution in [-0.4, -0.2) is 50.6 Å². The van der Waals surface area contributed by atoms with Crippen molar-refractivity contribution in [1.29, 1.82) is 0 Å². The fourth-order valence-electron chi connectivity index (χ4n) is 5.36. The maximum Gasteiger partial charge on any atom is 0.251 e. The summed E-state index contributed by atoms with van der Waals surface area (Å²) in [5, 5.41) is 11.7. The van der Waals surface area contributed by atoms with Crippen molar-refractivity contribution in [3.8, 4) is 0 Å². The number of aryl methyl sites for hydroxylation is 1. The average molecular weight is 495 g/mol. The number of aromatic nitrogens is 3. The number of rotatable bonds is 4. The molecule has 3 heterocycles. The summed E-state index contributed by atoms with van der Waals surface area (Å²) in [4.78, 5) is 30.2. The molecule has 8 heteroatoms. The minimum atomic E-state index is -0.125. The number of benzene rings is 1. The van der Waals surface area contributed by atoms with Crippen LogP contribution in [0.5, 0.6) is 0 Å². The lowest BCUT2D eigenvalue weighted by Crippen LogP contribution is -2.35. The van der Waals surface area contributed by atoms with E-state index in [1.807, 2.05) is 23.1 Å². The topological polar surface area (TPSA) is 83.4 Å². The largest absolute Gasteiger partial charge is 0.345 e. The Morgan fingerprint density at radius 3 is 2.44 bits per heavy atom. The summed E-state index contributed by atoms with van der Waals surface area (Å²) < 4.78 is 2.16. The number of fused-ring (bicyclic) bond motifs is 2. The van der Waals surface area contributed by atoms with E-state index in [0.29, 0.717) is 24.7 Å². The van der Waals surface area contributed by atoms with E-state index in [2.05, 4.69) is 38.8 Å². The fourth-order valence-corrected chi connectivity index (χ4v) is 5.36. The van der Waals surface area contributed by atoms with Gasteiger partial charge in [-0.2, -0.15) is 0 Å². The van der Waals surface area contributed by atoms with Gasteiger partial charge in [0.2, 0.25) is 5.91 Å². The Balaban J connectivity index is 1.56. The monoisotopic (exact) mass is 494 g/mol. The van der Waals surface area contributed by atoms with Gasteiger partial charge in [0.25, 0.3) is 5.91 Å². The second-order valence-electron chi connectivity index (χ2n) is 10.5. The van der Waals surface area contributed by atoms with Gasteiger partial charge in [0.15, 0.2) is 5.82 Å². The van der Waals surface area contributed by atoms with Crippen molar-refractivity contribution in [2.75, 3.05) is 18.0 Å². The summed E-state index contributed by atoms with van der Waals surface area (Å²) in [6.45, 7) is 9.80. The Bertz CT molecular complexity index is 1050. The van der Waals surface area contributed by atoms with Crippen LogP contribution in [-0.2, 0) is 30.8 Å². The highest BCUT2D eigenvalue weighted by Gasteiger charge is 2.21. The van der Waals surface area contributed by atoms with Crippen LogP contribution in [0, 0.1) is 0 Å². The van der Waals surface area contributed by atoms with Crippen molar-refractivity contribution < 1.29 is 9.59 Å². The van der Waals surface area contributed by atoms with Crippen LogP contribution in [0.25, 0.3) is 0 Å². The minimum Gasteiger partial charge on any atom is -0.345 e. The van der Waals surface area contributed by atoms with Gasteiger partial charge < -0.3 is 14.8 Å². The van der Waals surface area contributed by atoms with Gasteiger partial charge in [-0.05, 0) is 69.8 Å². The van der Waals surface area contributed by atoms with E-state index in [1.165, 1.54) is 25.7 Å². The van der Waals surface area contributed by atoms with Gasteiger partial charge in [-0.3, -0.25) is 14.5 Å². The van der Waals surface area contributed by atoms with Crippen molar-refractivity contribution in [3.05, 3.63) is 41.0 Å². The lowest BCUT2D eigenvalue weighted by atomic mass is 10.0. The highest BCUT2D eigenvalue weighted by molar-refractivity contribution is 5.97. The molecule has 0 fully saturated rings. The van der Waals surface area contributed by atoms with Crippen molar-refractivity contribution in [3.63, 3.8) is 0 Å². The maximum absolute atomic E-state index is 13.2. The van der Waals surface area contributed by atoms with Gasteiger partial charge >= 0.3 is 0 Å². The highest BCUT2D eigenvalue weighted by atomic mass is 16.2. The molecule has 1 aromatic carbocycles. The minimum absolute atomic E-state index is 0.0501. The molecular formula is C28H42N6O2. The smallest absolute Gasteiger partial charge is 0.251 e. The van der Waals surface area contributed by atoms with E-state index in [0.717, 1.165) is 74.6 Å². The first kappa shape index (κ1) is 26.3. The van der Waals surface area contributed by atoms with E-state index in [-0.39, 0.29) is 11.8 Å². The van der Waals surface area contributed by atoms with Crippen LogP contribution < -0.4 is 10.2 Å². The van der Waals surface area contributed by atoms with Crippen LogP contribution >= 0.6 is 0 Å². The predicted octanol–water partition coefficient (Wildman–Crippen LogP) is 4.46. The van der Waals surface area contributed by atoms with Gasteiger partial charge in [0.1, 0.15) is 5.82 Å². The van der Waals surface area contributed by atoms with Crippen molar-refractivity contribution in [2.45, 2.75) is 104 Å². The Labute approximate surface area is 215 Å². The average Bonchev–Trinajstić information content (AvgIpc) is 3.07. The maximum atomic E-state index is 13.2. The number of hydrogen-bond acceptors (Lipinski definition) is 5. The van der Waals surface area contributed by atoms with Crippen molar-refractivity contribution >= 4 is 17.5 Å². The standard InChI is InChI=1S/C28H42N6O2/c1-21(2)32-15-9-5-4-6-10-16-33(22(3)35)25-14-13-23(18-24(25)20-32)28(36)29-19-27-31-30-26-12-8-7-11-17-34(26)27/h13-14,18,21H,4-12,15-17,19-20H2,1-3H3,(H,29,36). The molecule has 0 saturated heterocycles. The summed E-state index contributed by atoms with van der Waals surface area (Å²) in [5.74, 6) is 1.77. The molecule has 0 aliphatic carbocycles. The summed E-state index contributed by atoms with van der Waals surface area (Å²) in [5.41, 5.74) is 2.57. The lowest BCUT2D eigenvalue weighted by Gasteiger charge is -2.31. The van der Waals surface area contributed by atoms with Crippen LogP contribution in [0.3, 0.4) is 0 Å². The number of anilines is 1. The van der Waals surface area contributed by atoms with Crippen molar-refractivity contribution in [2.24, 2.45) is 0 Å². The highest BCUT2D eigenvalue weighted by Crippen LogP contribution is 2.27. The third-order valence-corrected chi connectivity index (χ3v) is 7.54. The Morgan fingerprint density at radius 2 is 1.67 bits per heavy atom. The van der Waals surface area contributed by atoms with Gasteiger partial charge in [0, 0.05) is 50.3 Å². The van der Waals surface area contributed by atoms with E-state index in [4.69, 9.17) is 0 Å². The lowest BCUT2D eigenvalue weighted by molar-refractivity contribution is -0.116. The van der Waals surface area contributed by atoms with E-state index in [1.54, 1.807) is 6.92 Å². The van der Waals surface area contributed by atoms with Crippen LogP contribution in [0.1, 0.15) is 99.7 Å². The first-order valence-electron chi connectivity index (χ1n) is 13.8. The predicted molar refractivity (Wildman–Crippen MR) is 142 cm³/mol. The molecule has 2 amide bonds. The number of nitrogens with one attached hydrogen (secondary N) is 1. The molecule has 0 unspecified atom stereocenters. The van der Waals surface area contributed by atoms with Crippen LogP contribution in [0.15, 0.2) is 18.2 Å². The SMILES string of the molecule is CC(=O)N1CCCCCCCN(C(C)C)Cc2cc(C(=O)NCc3nnc4n3CCCCC4)ccc21. The molecule has 0 saturated carbocycles. The number of nitrogens with zero attached hydrogens (tertiary/aromatic N) is 5. The summed E-state index contributed by atoms with van der Waals surface area (Å²) >= 11 is 0. The number of hydrogen-bond donors (Lipinski definition) is 1. The zero-order valence-corrected chi connectivity index (χ0v) is 22.3. The molecule has 8 nitrogen and oxygen atoms in total. The molecular weight excluding hydrogens is 452 g/mol. The fraction of sp³-hybridized carbons (Fsp3) is 0.643. The molecule has 36 heavy (non-hydrogen) atoms. The van der Waals surface area contributed by atoms with E-state index >= 15 is 0 Å². The quantitative estimate of drug-likeness (QED) is 0.678. The summed E-state index contributed by atoms with van der Waals surface area (Å²) in [6.07, 6.45) is 10.1. The number of amides is 2. The molecule has 0 radical (unpaired) electrons. The van der Waals surface area contributed by atoms with Gasteiger partial charge in [-0.15, -0.1) is 10.2 Å². The number of carbonyl (C=O) groups is 2. The molecule has 1 aromatic heterocycles. The van der Waals surface area contributed by atoms with Gasteiger partial charge in [-0.25, -0.2) is 0 Å². The molecule has 4 rings (SSSR count). The normalized spacial score (nSPS) is 17.9. The molecule has 2 aliphatic heterocycles. The molecule has 2 aromatic rings. The summed E-state index contributed by atoms with van der Waals surface area (Å²) in [6, 6.07) is 6.16. The molecule has 0 bridgehead atoms. The zero-order chi connectivity index (χ0) is 25.5. The van der Waals surface area contributed by atoms with Gasteiger partial charge in [0.05, 0.1) is 6.54 Å². The summed E-state index contributed by atoms with van der Waals surface area (Å²) in [7, 11) is 0. The van der Waals surface area contributed by atoms with Crippen LogP contribution in [0.4, 0.5) is 5.69 Å². The van der Waals surface area contributed by atoms with E-state index < -0.39 is 0 Å². The Hall–Kier alpha value is -2.74. The zero-order valence-electron chi connectivity index (χ0n) is 22.3. The first-order valence-corrected chi connectivity index (χ1v) is 13.8. The molecule has 2 aliphatic rings. The Morgan fingerprint density at radius 1 is 0.944 bits per heavy atom. The van der Waals surface area contributed by atoms with E-state index in [9.17, 15) is 9.59 Å². The molecule has 196 valence electrons. The number of carbonyl (C=O) groups excluding carboxylic acids is 2.